The molecule has 0 aliphatic carbocycles. The molecule has 2 rings (SSSR count). The first-order valence-electron chi connectivity index (χ1n) is 10.0. The van der Waals surface area contributed by atoms with Crippen LogP contribution in [0.4, 0.5) is 0 Å². The zero-order chi connectivity index (χ0) is 16.3. The summed E-state index contributed by atoms with van der Waals surface area (Å²) >= 11 is 0. The van der Waals surface area contributed by atoms with Crippen molar-refractivity contribution in [1.29, 1.82) is 0 Å². The van der Waals surface area contributed by atoms with Gasteiger partial charge in [0, 0.05) is 27.2 Å². The van der Waals surface area contributed by atoms with Gasteiger partial charge in [-0.3, -0.25) is 0 Å². The third-order valence-corrected chi connectivity index (χ3v) is 5.66. The SMILES string of the molecule is CCCCCOCCN1CCC(CN2CCC(NC)CC2)CC1.[HH]. The lowest BCUT2D eigenvalue weighted by Gasteiger charge is -2.37. The molecule has 2 heterocycles. The molecule has 2 fully saturated rings. The molecule has 23 heavy (non-hydrogen) atoms. The van der Waals surface area contributed by atoms with Crippen LogP contribution in [-0.2, 0) is 4.74 Å². The fraction of sp³-hybridized carbons (Fsp3) is 1.00. The van der Waals surface area contributed by atoms with Gasteiger partial charge in [-0.05, 0) is 71.2 Å². The van der Waals surface area contributed by atoms with Crippen LogP contribution in [-0.4, -0.2) is 75.4 Å². The Morgan fingerprint density at radius 2 is 1.65 bits per heavy atom. The Bertz CT molecular complexity index is 290. The van der Waals surface area contributed by atoms with Crippen LogP contribution in [0.3, 0.4) is 0 Å². The molecule has 2 aliphatic heterocycles. The van der Waals surface area contributed by atoms with Crippen LogP contribution in [0.25, 0.3) is 0 Å². The fourth-order valence-electron chi connectivity index (χ4n) is 3.91. The molecule has 0 aromatic heterocycles. The van der Waals surface area contributed by atoms with Gasteiger partial charge in [0.15, 0.2) is 0 Å². The highest BCUT2D eigenvalue weighted by Crippen LogP contribution is 2.20. The number of hydrogen-bond acceptors (Lipinski definition) is 4. The maximum atomic E-state index is 5.75. The number of unbranched alkanes of at least 4 members (excludes halogenated alkanes) is 2. The Labute approximate surface area is 145 Å². The van der Waals surface area contributed by atoms with Gasteiger partial charge in [-0.15, -0.1) is 0 Å². The van der Waals surface area contributed by atoms with Crippen molar-refractivity contribution in [2.24, 2.45) is 5.92 Å². The molecule has 0 unspecified atom stereocenters. The minimum atomic E-state index is 0. The van der Waals surface area contributed by atoms with Crippen molar-refractivity contribution in [1.82, 2.24) is 15.1 Å². The molecule has 2 saturated heterocycles. The Morgan fingerprint density at radius 3 is 2.30 bits per heavy atom. The number of ether oxygens (including phenoxy) is 1. The predicted molar refractivity (Wildman–Crippen MR) is 100 cm³/mol. The van der Waals surface area contributed by atoms with Gasteiger partial charge in [-0.25, -0.2) is 0 Å². The highest BCUT2D eigenvalue weighted by atomic mass is 16.5. The van der Waals surface area contributed by atoms with E-state index in [1.165, 1.54) is 77.7 Å². The van der Waals surface area contributed by atoms with E-state index in [1.54, 1.807) is 0 Å². The molecule has 0 spiro atoms. The summed E-state index contributed by atoms with van der Waals surface area (Å²) in [5, 5.41) is 3.42. The van der Waals surface area contributed by atoms with E-state index in [4.69, 9.17) is 4.74 Å². The average molecular weight is 328 g/mol. The lowest BCUT2D eigenvalue weighted by atomic mass is 9.95. The van der Waals surface area contributed by atoms with E-state index in [0.717, 1.165) is 31.7 Å². The average Bonchev–Trinajstić information content (AvgIpc) is 2.60. The largest absolute Gasteiger partial charge is 0.380 e. The quantitative estimate of drug-likeness (QED) is 0.625. The van der Waals surface area contributed by atoms with Crippen LogP contribution >= 0.6 is 0 Å². The summed E-state index contributed by atoms with van der Waals surface area (Å²) < 4.78 is 5.75. The van der Waals surface area contributed by atoms with Gasteiger partial charge >= 0.3 is 0 Å². The fourth-order valence-corrected chi connectivity index (χ4v) is 3.91. The van der Waals surface area contributed by atoms with Gasteiger partial charge in [0.1, 0.15) is 0 Å². The first-order chi connectivity index (χ1) is 11.3. The van der Waals surface area contributed by atoms with Gasteiger partial charge < -0.3 is 19.9 Å². The van der Waals surface area contributed by atoms with Crippen molar-refractivity contribution in [3.63, 3.8) is 0 Å². The van der Waals surface area contributed by atoms with Crippen molar-refractivity contribution in [3.05, 3.63) is 0 Å². The second-order valence-electron chi connectivity index (χ2n) is 7.47. The van der Waals surface area contributed by atoms with Crippen LogP contribution < -0.4 is 5.32 Å². The van der Waals surface area contributed by atoms with Crippen molar-refractivity contribution < 1.29 is 6.16 Å². The zero-order valence-electron chi connectivity index (χ0n) is 15.6. The first-order valence-corrected chi connectivity index (χ1v) is 10.0. The first kappa shape index (κ1) is 19.2. The van der Waals surface area contributed by atoms with E-state index in [2.05, 4.69) is 29.1 Å². The normalized spacial score (nSPS) is 22.7. The molecule has 0 bridgehead atoms. The van der Waals surface area contributed by atoms with Crippen LogP contribution in [0.5, 0.6) is 0 Å². The van der Waals surface area contributed by atoms with E-state index < -0.39 is 0 Å². The van der Waals surface area contributed by atoms with Gasteiger partial charge in [0.05, 0.1) is 6.61 Å². The van der Waals surface area contributed by atoms with E-state index in [1.807, 2.05) is 0 Å². The summed E-state index contributed by atoms with van der Waals surface area (Å²) in [5.41, 5.74) is 0. The molecule has 1 N–H and O–H groups in total. The molecule has 138 valence electrons. The molecule has 0 aromatic rings. The third-order valence-electron chi connectivity index (χ3n) is 5.66. The molecule has 0 aromatic carbocycles. The third kappa shape index (κ3) is 7.51. The van der Waals surface area contributed by atoms with Gasteiger partial charge in [-0.1, -0.05) is 19.8 Å². The molecular formula is C19H41N3O. The molecule has 0 atom stereocenters. The van der Waals surface area contributed by atoms with E-state index >= 15 is 0 Å². The summed E-state index contributed by atoms with van der Waals surface area (Å²) in [6, 6.07) is 0.755. The molecule has 0 saturated carbocycles. The van der Waals surface area contributed by atoms with Gasteiger partial charge in [0.2, 0.25) is 0 Å². The van der Waals surface area contributed by atoms with Crippen LogP contribution in [0.15, 0.2) is 0 Å². The van der Waals surface area contributed by atoms with E-state index in [9.17, 15) is 0 Å². The van der Waals surface area contributed by atoms with Crippen LogP contribution in [0, 0.1) is 5.92 Å². The summed E-state index contributed by atoms with van der Waals surface area (Å²) in [5.74, 6) is 0.919. The van der Waals surface area contributed by atoms with Crippen molar-refractivity contribution in [3.8, 4) is 0 Å². The highest BCUT2D eigenvalue weighted by Gasteiger charge is 2.23. The number of hydrogen-bond donors (Lipinski definition) is 1. The van der Waals surface area contributed by atoms with Crippen molar-refractivity contribution >= 4 is 0 Å². The van der Waals surface area contributed by atoms with E-state index in [0.29, 0.717) is 0 Å². The standard InChI is InChI=1S/C19H39N3O.H2/c1-3-4-5-15-23-16-14-21-10-6-18(7-11-21)17-22-12-8-19(20-2)9-13-22;/h18-20H,3-17H2,1-2H3;1H. The Hall–Kier alpha value is -0.160. The highest BCUT2D eigenvalue weighted by molar-refractivity contribution is 4.80. The monoisotopic (exact) mass is 327 g/mol. The molecule has 0 radical (unpaired) electrons. The second-order valence-corrected chi connectivity index (χ2v) is 7.47. The maximum absolute atomic E-state index is 5.75. The van der Waals surface area contributed by atoms with Crippen molar-refractivity contribution in [2.45, 2.75) is 57.9 Å². The minimum Gasteiger partial charge on any atom is -0.380 e. The summed E-state index contributed by atoms with van der Waals surface area (Å²) in [7, 11) is 2.10. The maximum Gasteiger partial charge on any atom is 0.0593 e. The number of piperidine rings is 2. The summed E-state index contributed by atoms with van der Waals surface area (Å²) in [4.78, 5) is 5.30. The Morgan fingerprint density at radius 1 is 0.957 bits per heavy atom. The Balaban J connectivity index is 0.00000288. The second kappa shape index (κ2) is 11.4. The summed E-state index contributed by atoms with van der Waals surface area (Å²) in [6.07, 6.45) is 9.21. The van der Waals surface area contributed by atoms with Crippen molar-refractivity contribution in [2.75, 3.05) is 59.5 Å². The topological polar surface area (TPSA) is 27.7 Å². The van der Waals surface area contributed by atoms with Crippen LogP contribution in [0.2, 0.25) is 0 Å². The predicted octanol–water partition coefficient (Wildman–Crippen LogP) is 2.84. The van der Waals surface area contributed by atoms with Crippen LogP contribution in [0.1, 0.15) is 53.3 Å². The smallest absolute Gasteiger partial charge is 0.0593 e. The number of likely N-dealkylation sites (tertiary alicyclic amines) is 2. The minimum absolute atomic E-state index is 0. The molecule has 4 nitrogen and oxygen atoms in total. The molecule has 4 heteroatoms. The molecular weight excluding hydrogens is 286 g/mol. The lowest BCUT2D eigenvalue weighted by Crippen LogP contribution is -2.45. The van der Waals surface area contributed by atoms with E-state index in [-0.39, 0.29) is 1.43 Å². The Kier molecular flexibility index (Phi) is 9.50. The summed E-state index contributed by atoms with van der Waals surface area (Å²) in [6.45, 7) is 11.7. The number of nitrogens with one attached hydrogen (secondary N) is 1. The number of rotatable bonds is 10. The zero-order valence-corrected chi connectivity index (χ0v) is 15.6. The molecule has 0 amide bonds. The number of nitrogens with zero attached hydrogens (tertiary/aromatic N) is 2. The van der Waals surface area contributed by atoms with Gasteiger partial charge in [0.25, 0.3) is 0 Å². The molecule has 2 aliphatic rings. The van der Waals surface area contributed by atoms with Gasteiger partial charge in [-0.2, -0.15) is 0 Å². The lowest BCUT2D eigenvalue weighted by molar-refractivity contribution is 0.0775.